The van der Waals surface area contributed by atoms with Crippen molar-refractivity contribution in [2.75, 3.05) is 18.1 Å². The van der Waals surface area contributed by atoms with Crippen LogP contribution in [0.3, 0.4) is 0 Å². The Balaban J connectivity index is 2.34. The van der Waals surface area contributed by atoms with Crippen LogP contribution in [0.15, 0.2) is 0 Å². The Morgan fingerprint density at radius 3 is 2.88 bits per heavy atom. The van der Waals surface area contributed by atoms with Crippen LogP contribution < -0.4 is 0 Å². The quantitative estimate of drug-likeness (QED) is 0.468. The molecule has 0 aromatic rings. The maximum atomic E-state index is 10.5. The number of aliphatic hydroxyl groups is 1. The number of aliphatic hydroxyl groups excluding tert-OH is 1. The van der Waals surface area contributed by atoms with E-state index in [1.54, 1.807) is 0 Å². The first kappa shape index (κ1) is 6.19. The summed E-state index contributed by atoms with van der Waals surface area (Å²) in [5.41, 5.74) is 0. The fraction of sp³-hybridized carbons (Fsp3) is 1.00. The van der Waals surface area contributed by atoms with Gasteiger partial charge in [-0.15, -0.1) is 0 Å². The number of ether oxygens (including phenoxy) is 1. The lowest BCUT2D eigenvalue weighted by Crippen LogP contribution is -2.30. The van der Waals surface area contributed by atoms with Crippen LogP contribution in [0.5, 0.6) is 0 Å². The van der Waals surface area contributed by atoms with Gasteiger partial charge in [-0.3, -0.25) is 4.21 Å². The highest BCUT2D eigenvalue weighted by Gasteiger charge is 2.14. The van der Waals surface area contributed by atoms with Crippen LogP contribution in [0.2, 0.25) is 0 Å². The average molecular weight is 136 g/mol. The van der Waals surface area contributed by atoms with E-state index in [2.05, 4.69) is 0 Å². The van der Waals surface area contributed by atoms with Gasteiger partial charge in [0.15, 0.2) is 6.29 Å². The smallest absolute Gasteiger partial charge is 0.166 e. The molecule has 0 bridgehead atoms. The van der Waals surface area contributed by atoms with Crippen molar-refractivity contribution in [2.24, 2.45) is 0 Å². The minimum atomic E-state index is -0.845. The van der Waals surface area contributed by atoms with Gasteiger partial charge in [0.05, 0.1) is 12.4 Å². The van der Waals surface area contributed by atoms with E-state index < -0.39 is 17.1 Å². The molecule has 2 unspecified atom stereocenters. The van der Waals surface area contributed by atoms with E-state index >= 15 is 0 Å². The molecule has 1 saturated heterocycles. The molecular formula is C4H8O3S. The second-order valence-electron chi connectivity index (χ2n) is 1.64. The second-order valence-corrected chi connectivity index (χ2v) is 3.26. The topological polar surface area (TPSA) is 46.5 Å². The van der Waals surface area contributed by atoms with Gasteiger partial charge in [-0.05, 0) is 0 Å². The molecule has 0 saturated carbocycles. The molecule has 48 valence electrons. The lowest BCUT2D eigenvalue weighted by atomic mass is 10.7. The molecule has 3 nitrogen and oxygen atoms in total. The van der Waals surface area contributed by atoms with Gasteiger partial charge in [-0.1, -0.05) is 0 Å². The van der Waals surface area contributed by atoms with Crippen molar-refractivity contribution >= 4 is 10.8 Å². The van der Waals surface area contributed by atoms with Gasteiger partial charge < -0.3 is 9.84 Å². The third kappa shape index (κ3) is 1.54. The van der Waals surface area contributed by atoms with E-state index in [0.717, 1.165) is 0 Å². The molecule has 8 heavy (non-hydrogen) atoms. The Labute approximate surface area is 50.1 Å². The minimum absolute atomic E-state index is 0.278. The Kier molecular flexibility index (Phi) is 1.99. The molecule has 4 heteroatoms. The minimum Gasteiger partial charge on any atom is -0.367 e. The zero-order valence-corrected chi connectivity index (χ0v) is 5.19. The molecule has 0 radical (unpaired) electrons. The first-order valence-corrected chi connectivity index (χ1v) is 3.92. The Morgan fingerprint density at radius 1 is 1.75 bits per heavy atom. The number of rotatable bonds is 0. The molecule has 1 fully saturated rings. The van der Waals surface area contributed by atoms with E-state index in [9.17, 15) is 4.21 Å². The van der Waals surface area contributed by atoms with Crippen LogP contribution in [0.25, 0.3) is 0 Å². The first-order chi connectivity index (χ1) is 3.79. The van der Waals surface area contributed by atoms with Crippen molar-refractivity contribution in [3.8, 4) is 0 Å². The predicted octanol–water partition coefficient (Wildman–Crippen LogP) is -0.916. The molecule has 0 aromatic carbocycles. The van der Waals surface area contributed by atoms with Crippen molar-refractivity contribution in [3.63, 3.8) is 0 Å². The Hall–Kier alpha value is 0.0700. The second kappa shape index (κ2) is 2.57. The molecule has 0 aliphatic carbocycles. The summed E-state index contributed by atoms with van der Waals surface area (Å²) in [6, 6.07) is 0. The van der Waals surface area contributed by atoms with E-state index in [1.807, 2.05) is 0 Å². The maximum Gasteiger partial charge on any atom is 0.166 e. The summed E-state index contributed by atoms with van der Waals surface area (Å²) in [6.07, 6.45) is -0.787. The van der Waals surface area contributed by atoms with Crippen LogP contribution >= 0.6 is 0 Å². The fourth-order valence-electron chi connectivity index (χ4n) is 0.568. The normalized spacial score (nSPS) is 39.6. The first-order valence-electron chi connectivity index (χ1n) is 2.43. The number of hydrogen-bond acceptors (Lipinski definition) is 3. The van der Waals surface area contributed by atoms with Crippen LogP contribution in [0.1, 0.15) is 0 Å². The summed E-state index contributed by atoms with van der Waals surface area (Å²) in [4.78, 5) is 0. The average Bonchev–Trinajstić information content (AvgIpc) is 1.64. The maximum absolute atomic E-state index is 10.5. The summed E-state index contributed by atoms with van der Waals surface area (Å²) in [7, 11) is -0.845. The fourth-order valence-corrected chi connectivity index (χ4v) is 1.43. The molecule has 0 amide bonds. The summed E-state index contributed by atoms with van der Waals surface area (Å²) in [5.74, 6) is 0.844. The summed E-state index contributed by atoms with van der Waals surface area (Å²) < 4.78 is 15.3. The van der Waals surface area contributed by atoms with Gasteiger partial charge in [-0.25, -0.2) is 0 Å². The van der Waals surface area contributed by atoms with Gasteiger partial charge in [0.1, 0.15) is 0 Å². The lowest BCUT2D eigenvalue weighted by molar-refractivity contribution is -0.0809. The lowest BCUT2D eigenvalue weighted by Gasteiger charge is -2.15. The van der Waals surface area contributed by atoms with Gasteiger partial charge in [-0.2, -0.15) is 0 Å². The monoisotopic (exact) mass is 136 g/mol. The molecule has 1 heterocycles. The molecule has 1 aliphatic heterocycles. The van der Waals surface area contributed by atoms with Gasteiger partial charge in [0, 0.05) is 16.6 Å². The largest absolute Gasteiger partial charge is 0.367 e. The van der Waals surface area contributed by atoms with Crippen molar-refractivity contribution in [3.05, 3.63) is 0 Å². The zero-order chi connectivity index (χ0) is 5.98. The molecular weight excluding hydrogens is 128 g/mol. The number of hydrogen-bond donors (Lipinski definition) is 1. The Bertz CT molecular complexity index is 103. The highest BCUT2D eigenvalue weighted by molar-refractivity contribution is 7.85. The van der Waals surface area contributed by atoms with Crippen LogP contribution in [0.4, 0.5) is 0 Å². The molecule has 1 rings (SSSR count). The van der Waals surface area contributed by atoms with Crippen molar-refractivity contribution in [2.45, 2.75) is 6.29 Å². The van der Waals surface area contributed by atoms with Crippen molar-refractivity contribution in [1.29, 1.82) is 0 Å². The van der Waals surface area contributed by atoms with Crippen LogP contribution in [0, 0.1) is 0 Å². The SMILES string of the molecule is O=S1CCOC(O)C1. The van der Waals surface area contributed by atoms with E-state index in [-0.39, 0.29) is 5.75 Å². The van der Waals surface area contributed by atoms with E-state index in [4.69, 9.17) is 9.84 Å². The summed E-state index contributed by atoms with van der Waals surface area (Å²) in [6.45, 7) is 0.424. The van der Waals surface area contributed by atoms with E-state index in [0.29, 0.717) is 12.4 Å². The highest BCUT2D eigenvalue weighted by Crippen LogP contribution is 1.98. The highest BCUT2D eigenvalue weighted by atomic mass is 32.2. The van der Waals surface area contributed by atoms with Gasteiger partial charge in [0.25, 0.3) is 0 Å². The molecule has 2 atom stereocenters. The zero-order valence-electron chi connectivity index (χ0n) is 4.37. The van der Waals surface area contributed by atoms with Gasteiger partial charge >= 0.3 is 0 Å². The van der Waals surface area contributed by atoms with E-state index in [1.165, 1.54) is 0 Å². The summed E-state index contributed by atoms with van der Waals surface area (Å²) in [5, 5.41) is 8.66. The molecule has 1 N–H and O–H groups in total. The molecule has 1 aliphatic rings. The van der Waals surface area contributed by atoms with Crippen LogP contribution in [-0.4, -0.2) is 33.7 Å². The Morgan fingerprint density at radius 2 is 2.50 bits per heavy atom. The third-order valence-electron chi connectivity index (χ3n) is 0.950. The predicted molar refractivity (Wildman–Crippen MR) is 29.8 cm³/mol. The summed E-state index contributed by atoms with van der Waals surface area (Å²) >= 11 is 0. The standard InChI is InChI=1S/C4H8O3S/c5-4-3-8(6)2-1-7-4/h4-5H,1-3H2. The van der Waals surface area contributed by atoms with Crippen molar-refractivity contribution in [1.82, 2.24) is 0 Å². The molecule has 0 spiro atoms. The third-order valence-corrected chi connectivity index (χ3v) is 2.23. The van der Waals surface area contributed by atoms with Crippen molar-refractivity contribution < 1.29 is 14.1 Å². The van der Waals surface area contributed by atoms with Gasteiger partial charge in [0.2, 0.25) is 0 Å². The molecule has 0 aromatic heterocycles. The van der Waals surface area contributed by atoms with Crippen LogP contribution in [-0.2, 0) is 15.5 Å².